The number of carbonyl (C=O) groups excluding carboxylic acids is 1. The molecule has 2 N–H and O–H groups in total. The van der Waals surface area contributed by atoms with Crippen molar-refractivity contribution in [1.29, 1.82) is 0 Å². The third-order valence-corrected chi connectivity index (χ3v) is 4.29. The van der Waals surface area contributed by atoms with E-state index >= 15 is 0 Å². The number of carbonyl (C=O) groups is 1. The lowest BCUT2D eigenvalue weighted by atomic mass is 9.93. The van der Waals surface area contributed by atoms with Crippen molar-refractivity contribution in [1.82, 2.24) is 4.90 Å². The van der Waals surface area contributed by atoms with Crippen molar-refractivity contribution >= 4 is 6.09 Å². The van der Waals surface area contributed by atoms with Crippen LogP contribution < -0.4 is 0 Å². The molecule has 0 spiro atoms. The van der Waals surface area contributed by atoms with E-state index in [9.17, 15) is 15.0 Å². The van der Waals surface area contributed by atoms with E-state index in [1.165, 1.54) is 4.90 Å². The first-order chi connectivity index (χ1) is 11.8. The molecule has 7 heteroatoms. The summed E-state index contributed by atoms with van der Waals surface area (Å²) in [5.41, 5.74) is 0.160. The molecule has 2 aliphatic heterocycles. The minimum Gasteiger partial charge on any atom is -0.444 e. The summed E-state index contributed by atoms with van der Waals surface area (Å²) in [6, 6.07) is 8.83. The van der Waals surface area contributed by atoms with Crippen LogP contribution in [0.5, 0.6) is 0 Å². The van der Waals surface area contributed by atoms with Gasteiger partial charge in [-0.1, -0.05) is 30.3 Å². The number of nitrogens with zero attached hydrogens (tertiary/aromatic N) is 1. The van der Waals surface area contributed by atoms with Crippen LogP contribution in [0.15, 0.2) is 30.3 Å². The van der Waals surface area contributed by atoms with Crippen LogP contribution in [0.2, 0.25) is 0 Å². The van der Waals surface area contributed by atoms with Crippen molar-refractivity contribution in [2.45, 2.75) is 57.0 Å². The summed E-state index contributed by atoms with van der Waals surface area (Å²) >= 11 is 0. The Kier molecular flexibility index (Phi) is 5.02. The van der Waals surface area contributed by atoms with Crippen molar-refractivity contribution in [2.75, 3.05) is 13.2 Å². The fraction of sp³-hybridized carbons (Fsp3) is 0.611. The predicted molar refractivity (Wildman–Crippen MR) is 88.7 cm³/mol. The van der Waals surface area contributed by atoms with Gasteiger partial charge >= 0.3 is 6.09 Å². The molecule has 2 aliphatic rings. The fourth-order valence-corrected chi connectivity index (χ4v) is 3.11. The van der Waals surface area contributed by atoms with Crippen molar-refractivity contribution in [3.63, 3.8) is 0 Å². The maximum absolute atomic E-state index is 12.5. The number of fused-ring (bicyclic) bond motifs is 1. The van der Waals surface area contributed by atoms with Gasteiger partial charge in [-0.3, -0.25) is 4.90 Å². The van der Waals surface area contributed by atoms with Crippen molar-refractivity contribution in [3.05, 3.63) is 35.9 Å². The Morgan fingerprint density at radius 3 is 2.56 bits per heavy atom. The Morgan fingerprint density at radius 1 is 1.24 bits per heavy atom. The van der Waals surface area contributed by atoms with Crippen LogP contribution in [-0.2, 0) is 14.2 Å². The van der Waals surface area contributed by atoms with E-state index in [0.29, 0.717) is 0 Å². The Balaban J connectivity index is 1.77. The molecule has 1 aromatic carbocycles. The van der Waals surface area contributed by atoms with E-state index in [2.05, 4.69) is 0 Å². The smallest absolute Gasteiger partial charge is 0.410 e. The first kappa shape index (κ1) is 18.1. The summed E-state index contributed by atoms with van der Waals surface area (Å²) in [5, 5.41) is 20.5. The Labute approximate surface area is 147 Å². The van der Waals surface area contributed by atoms with Gasteiger partial charge in [0.2, 0.25) is 0 Å². The summed E-state index contributed by atoms with van der Waals surface area (Å²) in [7, 11) is 0. The molecule has 1 amide bonds. The van der Waals surface area contributed by atoms with Crippen LogP contribution in [0, 0.1) is 0 Å². The molecule has 0 aliphatic carbocycles. The topological polar surface area (TPSA) is 88.5 Å². The quantitative estimate of drug-likeness (QED) is 0.796. The highest BCUT2D eigenvalue weighted by Crippen LogP contribution is 2.34. The lowest BCUT2D eigenvalue weighted by Crippen LogP contribution is -2.67. The van der Waals surface area contributed by atoms with Gasteiger partial charge in [0.25, 0.3) is 0 Å². The molecule has 0 bridgehead atoms. The normalized spacial score (nSPS) is 32.8. The summed E-state index contributed by atoms with van der Waals surface area (Å²) < 4.78 is 17.1. The predicted octanol–water partition coefficient (Wildman–Crippen LogP) is 1.44. The highest BCUT2D eigenvalue weighted by Gasteiger charge is 2.49. The number of amides is 1. The molecule has 2 fully saturated rings. The number of aliphatic hydroxyl groups is 2. The van der Waals surface area contributed by atoms with E-state index in [-0.39, 0.29) is 13.2 Å². The minimum absolute atomic E-state index is 0.0278. The van der Waals surface area contributed by atoms with Crippen LogP contribution in [0.3, 0.4) is 0 Å². The molecule has 0 radical (unpaired) electrons. The molecule has 2 saturated heterocycles. The molecular weight excluding hydrogens is 326 g/mol. The number of likely N-dealkylation sites (tertiary alicyclic amines) is 1. The molecule has 0 aromatic heterocycles. The highest BCUT2D eigenvalue weighted by atomic mass is 16.7. The molecule has 5 atom stereocenters. The van der Waals surface area contributed by atoms with Gasteiger partial charge in [-0.2, -0.15) is 0 Å². The lowest BCUT2D eigenvalue weighted by molar-refractivity contribution is -0.284. The second-order valence-corrected chi connectivity index (χ2v) is 7.43. The zero-order valence-corrected chi connectivity index (χ0v) is 14.7. The van der Waals surface area contributed by atoms with Crippen LogP contribution in [-0.4, -0.2) is 64.3 Å². The molecule has 3 rings (SSSR count). The average molecular weight is 351 g/mol. The minimum atomic E-state index is -1.11. The number of hydrogen-bond donors (Lipinski definition) is 2. The fourth-order valence-electron chi connectivity index (χ4n) is 3.11. The summed E-state index contributed by atoms with van der Waals surface area (Å²) in [6.45, 7) is 5.48. The Morgan fingerprint density at radius 2 is 1.92 bits per heavy atom. The molecule has 7 nitrogen and oxygen atoms in total. The molecule has 2 heterocycles. The number of aliphatic hydroxyl groups excluding tert-OH is 2. The van der Waals surface area contributed by atoms with Gasteiger partial charge in [-0.05, 0) is 20.8 Å². The van der Waals surface area contributed by atoms with E-state index in [1.807, 2.05) is 30.3 Å². The summed E-state index contributed by atoms with van der Waals surface area (Å²) in [5.74, 6) is 0. The molecule has 25 heavy (non-hydrogen) atoms. The van der Waals surface area contributed by atoms with Gasteiger partial charge in [0.1, 0.15) is 23.9 Å². The first-order valence-corrected chi connectivity index (χ1v) is 8.44. The first-order valence-electron chi connectivity index (χ1n) is 8.44. The molecule has 1 aromatic rings. The number of ether oxygens (including phenoxy) is 3. The zero-order valence-electron chi connectivity index (χ0n) is 14.7. The SMILES string of the molecule is CC(C)(C)OC(=O)N1CC(O)[C@@H](O)[C@@H]2OC(c3ccccc3)OCC21. The maximum atomic E-state index is 12.5. The van der Waals surface area contributed by atoms with Crippen molar-refractivity contribution in [3.8, 4) is 0 Å². The third-order valence-electron chi connectivity index (χ3n) is 4.29. The van der Waals surface area contributed by atoms with E-state index in [1.54, 1.807) is 20.8 Å². The number of β-amino-alcohol motifs (C(OH)–C–C–N with tert-alkyl or cyclic N) is 1. The molecule has 0 saturated carbocycles. The zero-order chi connectivity index (χ0) is 18.2. The standard InChI is InChI=1S/C18H25NO6/c1-18(2,3)25-17(22)19-9-13(20)14(21)15-12(19)10-23-16(24-15)11-7-5-4-6-8-11/h4-8,12-16,20-21H,9-10H2,1-3H3/t12?,13?,14-,15-,16?/m1/s1. The van der Waals surface area contributed by atoms with Gasteiger partial charge < -0.3 is 24.4 Å². The van der Waals surface area contributed by atoms with E-state index < -0.39 is 42.3 Å². The number of benzene rings is 1. The van der Waals surface area contributed by atoms with Gasteiger partial charge in [0, 0.05) is 5.56 Å². The summed E-state index contributed by atoms with van der Waals surface area (Å²) in [6.07, 6.45) is -4.17. The highest BCUT2D eigenvalue weighted by molar-refractivity contribution is 5.69. The number of piperidine rings is 1. The van der Waals surface area contributed by atoms with E-state index in [0.717, 1.165) is 5.56 Å². The number of rotatable bonds is 1. The Bertz CT molecular complexity index is 601. The lowest BCUT2D eigenvalue weighted by Gasteiger charge is -2.49. The third kappa shape index (κ3) is 3.95. The van der Waals surface area contributed by atoms with Crippen LogP contribution >= 0.6 is 0 Å². The maximum Gasteiger partial charge on any atom is 0.410 e. The van der Waals surface area contributed by atoms with E-state index in [4.69, 9.17) is 14.2 Å². The van der Waals surface area contributed by atoms with Crippen LogP contribution in [0.25, 0.3) is 0 Å². The van der Waals surface area contributed by atoms with Crippen molar-refractivity contribution in [2.24, 2.45) is 0 Å². The van der Waals surface area contributed by atoms with Gasteiger partial charge in [-0.25, -0.2) is 4.79 Å². The van der Waals surface area contributed by atoms with Crippen LogP contribution in [0.1, 0.15) is 32.6 Å². The Hall–Kier alpha value is -1.67. The molecule has 3 unspecified atom stereocenters. The van der Waals surface area contributed by atoms with Crippen LogP contribution in [0.4, 0.5) is 4.79 Å². The average Bonchev–Trinajstić information content (AvgIpc) is 2.57. The van der Waals surface area contributed by atoms with Gasteiger partial charge in [0.05, 0.1) is 19.2 Å². The molecular formula is C18H25NO6. The summed E-state index contributed by atoms with van der Waals surface area (Å²) in [4.78, 5) is 13.9. The number of hydrogen-bond acceptors (Lipinski definition) is 6. The molecule has 138 valence electrons. The largest absolute Gasteiger partial charge is 0.444 e. The van der Waals surface area contributed by atoms with Gasteiger partial charge in [-0.15, -0.1) is 0 Å². The monoisotopic (exact) mass is 351 g/mol. The van der Waals surface area contributed by atoms with Crippen molar-refractivity contribution < 1.29 is 29.2 Å². The second-order valence-electron chi connectivity index (χ2n) is 7.43. The van der Waals surface area contributed by atoms with Gasteiger partial charge in [0.15, 0.2) is 6.29 Å². The second kappa shape index (κ2) is 6.92.